The topological polar surface area (TPSA) is 26.3 Å². The Balaban J connectivity index is 2.35. The molecular weight excluding hydrogens is 140 g/mol. The van der Waals surface area contributed by atoms with Crippen molar-refractivity contribution in [3.63, 3.8) is 0 Å². The zero-order valence-corrected chi connectivity index (χ0v) is 7.09. The number of hydrogen-bond acceptors (Lipinski definition) is 2. The van der Waals surface area contributed by atoms with Crippen molar-refractivity contribution in [2.75, 3.05) is 0 Å². The minimum Gasteiger partial charge on any atom is -0.455 e. The first-order valence-electron chi connectivity index (χ1n) is 4.13. The molecule has 0 radical (unpaired) electrons. The molecule has 0 saturated carbocycles. The van der Waals surface area contributed by atoms with Crippen LogP contribution >= 0.6 is 0 Å². The van der Waals surface area contributed by atoms with Crippen LogP contribution in [0.25, 0.3) is 0 Å². The Morgan fingerprint density at radius 1 is 1.64 bits per heavy atom. The summed E-state index contributed by atoms with van der Waals surface area (Å²) in [5.74, 6) is -0.147. The maximum Gasteiger partial charge on any atom is 0.334 e. The molecule has 0 N–H and O–H groups in total. The minimum atomic E-state index is -0.147. The van der Waals surface area contributed by atoms with E-state index in [1.807, 2.05) is 6.08 Å². The molecule has 1 heterocycles. The molecule has 2 heteroatoms. The molecule has 0 aliphatic carbocycles. The normalized spacial score (nSPS) is 23.3. The Hall–Kier alpha value is -0.790. The van der Waals surface area contributed by atoms with Crippen LogP contribution < -0.4 is 0 Å². The molecule has 0 fully saturated rings. The Bertz CT molecular complexity index is 182. The number of carbonyl (C=O) groups is 1. The van der Waals surface area contributed by atoms with Gasteiger partial charge in [0.05, 0.1) is 0 Å². The molecule has 1 rings (SSSR count). The van der Waals surface area contributed by atoms with Crippen LogP contribution in [0, 0.1) is 0 Å². The summed E-state index contributed by atoms with van der Waals surface area (Å²) in [6, 6.07) is 0. The van der Waals surface area contributed by atoms with Crippen LogP contribution in [-0.4, -0.2) is 12.1 Å². The molecule has 1 aliphatic rings. The molecule has 1 unspecified atom stereocenters. The lowest BCUT2D eigenvalue weighted by Gasteiger charge is -2.05. The van der Waals surface area contributed by atoms with Gasteiger partial charge >= 0.3 is 5.97 Å². The van der Waals surface area contributed by atoms with Gasteiger partial charge < -0.3 is 4.74 Å². The fourth-order valence-electron chi connectivity index (χ4n) is 1.16. The quantitative estimate of drug-likeness (QED) is 0.581. The summed E-state index contributed by atoms with van der Waals surface area (Å²) >= 11 is 0. The molecule has 0 aromatic carbocycles. The maximum absolute atomic E-state index is 10.9. The van der Waals surface area contributed by atoms with Gasteiger partial charge in [-0.05, 0) is 25.8 Å². The third-order valence-corrected chi connectivity index (χ3v) is 1.86. The largest absolute Gasteiger partial charge is 0.455 e. The smallest absolute Gasteiger partial charge is 0.334 e. The highest BCUT2D eigenvalue weighted by Gasteiger charge is 2.20. The average Bonchev–Trinajstić information content (AvgIpc) is 2.28. The van der Waals surface area contributed by atoms with E-state index in [-0.39, 0.29) is 12.1 Å². The molecule has 0 amide bonds. The molecule has 11 heavy (non-hydrogen) atoms. The van der Waals surface area contributed by atoms with Crippen LogP contribution in [0.2, 0.25) is 0 Å². The van der Waals surface area contributed by atoms with E-state index in [0.717, 1.165) is 24.8 Å². The van der Waals surface area contributed by atoms with E-state index >= 15 is 0 Å². The second-order valence-corrected chi connectivity index (χ2v) is 2.94. The van der Waals surface area contributed by atoms with Crippen LogP contribution in [0.4, 0.5) is 0 Å². The van der Waals surface area contributed by atoms with Crippen LogP contribution in [0.15, 0.2) is 11.6 Å². The van der Waals surface area contributed by atoms with Gasteiger partial charge in [-0.25, -0.2) is 4.79 Å². The lowest BCUT2D eigenvalue weighted by Crippen LogP contribution is -2.07. The molecule has 0 spiro atoms. The van der Waals surface area contributed by atoms with Crippen molar-refractivity contribution in [2.45, 2.75) is 39.2 Å². The summed E-state index contributed by atoms with van der Waals surface area (Å²) in [5.41, 5.74) is 0.756. The number of cyclic esters (lactones) is 1. The molecule has 1 atom stereocenters. The van der Waals surface area contributed by atoms with Gasteiger partial charge in [0.1, 0.15) is 6.10 Å². The van der Waals surface area contributed by atoms with Gasteiger partial charge in [-0.3, -0.25) is 0 Å². The third-order valence-electron chi connectivity index (χ3n) is 1.86. The summed E-state index contributed by atoms with van der Waals surface area (Å²) in [6.07, 6.45) is 5.22. The molecule has 0 aromatic heterocycles. The Morgan fingerprint density at radius 3 is 2.82 bits per heavy atom. The molecule has 62 valence electrons. The van der Waals surface area contributed by atoms with Crippen molar-refractivity contribution in [2.24, 2.45) is 0 Å². The van der Waals surface area contributed by atoms with Gasteiger partial charge in [-0.2, -0.15) is 0 Å². The number of hydrogen-bond donors (Lipinski definition) is 0. The third kappa shape index (κ3) is 2.07. The van der Waals surface area contributed by atoms with Gasteiger partial charge in [0.2, 0.25) is 0 Å². The van der Waals surface area contributed by atoms with E-state index in [1.165, 1.54) is 0 Å². The van der Waals surface area contributed by atoms with Crippen molar-refractivity contribution >= 4 is 5.97 Å². The molecule has 0 saturated heterocycles. The summed E-state index contributed by atoms with van der Waals surface area (Å²) in [7, 11) is 0. The van der Waals surface area contributed by atoms with E-state index in [2.05, 4.69) is 6.92 Å². The fourth-order valence-corrected chi connectivity index (χ4v) is 1.16. The summed E-state index contributed by atoms with van der Waals surface area (Å²) in [4.78, 5) is 10.9. The van der Waals surface area contributed by atoms with E-state index in [0.29, 0.717) is 0 Å². The monoisotopic (exact) mass is 154 g/mol. The number of rotatable bonds is 3. The molecule has 2 nitrogen and oxygen atoms in total. The number of ether oxygens (including phenoxy) is 1. The first kappa shape index (κ1) is 8.31. The first-order valence-corrected chi connectivity index (χ1v) is 4.13. The summed E-state index contributed by atoms with van der Waals surface area (Å²) in [5, 5.41) is 0. The van der Waals surface area contributed by atoms with Gasteiger partial charge in [0, 0.05) is 5.57 Å². The second-order valence-electron chi connectivity index (χ2n) is 2.94. The van der Waals surface area contributed by atoms with Crippen LogP contribution in [0.5, 0.6) is 0 Å². The zero-order valence-electron chi connectivity index (χ0n) is 7.09. The maximum atomic E-state index is 10.9. The van der Waals surface area contributed by atoms with Crippen LogP contribution in [0.3, 0.4) is 0 Å². The van der Waals surface area contributed by atoms with Gasteiger partial charge in [0.25, 0.3) is 0 Å². The van der Waals surface area contributed by atoms with Crippen molar-refractivity contribution in [1.82, 2.24) is 0 Å². The SMILES string of the molecule is CCCCC1C=C(C)C(=O)O1. The van der Waals surface area contributed by atoms with Crippen LogP contribution in [-0.2, 0) is 9.53 Å². The van der Waals surface area contributed by atoms with Crippen molar-refractivity contribution < 1.29 is 9.53 Å². The zero-order chi connectivity index (χ0) is 8.27. The van der Waals surface area contributed by atoms with Gasteiger partial charge in [0.15, 0.2) is 0 Å². The van der Waals surface area contributed by atoms with Crippen molar-refractivity contribution in [3.8, 4) is 0 Å². The lowest BCUT2D eigenvalue weighted by molar-refractivity contribution is -0.139. The second kappa shape index (κ2) is 3.56. The summed E-state index contributed by atoms with van der Waals surface area (Å²) in [6.45, 7) is 3.93. The van der Waals surface area contributed by atoms with Crippen LogP contribution in [0.1, 0.15) is 33.1 Å². The van der Waals surface area contributed by atoms with E-state index < -0.39 is 0 Å². The highest BCUT2D eigenvalue weighted by Crippen LogP contribution is 2.17. The number of carbonyl (C=O) groups excluding carboxylic acids is 1. The molecule has 1 aliphatic heterocycles. The molecular formula is C9H14O2. The van der Waals surface area contributed by atoms with E-state index in [4.69, 9.17) is 4.74 Å². The Labute approximate surface area is 67.2 Å². The average molecular weight is 154 g/mol. The molecule has 0 aromatic rings. The molecule has 0 bridgehead atoms. The minimum absolute atomic E-state index is 0.0578. The standard InChI is InChI=1S/C9H14O2/c1-3-4-5-8-6-7(2)9(10)11-8/h6,8H,3-5H2,1-2H3. The highest BCUT2D eigenvalue weighted by atomic mass is 16.5. The Morgan fingerprint density at radius 2 is 2.36 bits per heavy atom. The van der Waals surface area contributed by atoms with Gasteiger partial charge in [-0.1, -0.05) is 13.3 Å². The van der Waals surface area contributed by atoms with E-state index in [1.54, 1.807) is 6.92 Å². The number of unbranched alkanes of at least 4 members (excludes halogenated alkanes) is 1. The fraction of sp³-hybridized carbons (Fsp3) is 0.667. The first-order chi connectivity index (χ1) is 5.24. The summed E-state index contributed by atoms with van der Waals surface area (Å²) < 4.78 is 5.04. The van der Waals surface area contributed by atoms with E-state index in [9.17, 15) is 4.79 Å². The van der Waals surface area contributed by atoms with Crippen molar-refractivity contribution in [3.05, 3.63) is 11.6 Å². The van der Waals surface area contributed by atoms with Crippen molar-refractivity contribution in [1.29, 1.82) is 0 Å². The van der Waals surface area contributed by atoms with Gasteiger partial charge in [-0.15, -0.1) is 0 Å². The highest BCUT2D eigenvalue weighted by molar-refractivity contribution is 5.90. The lowest BCUT2D eigenvalue weighted by atomic mass is 10.1. The Kier molecular flexibility index (Phi) is 2.69. The predicted molar refractivity (Wildman–Crippen MR) is 43.2 cm³/mol. The number of esters is 1. The predicted octanol–water partition coefficient (Wildman–Crippen LogP) is 2.05.